The lowest BCUT2D eigenvalue weighted by Crippen LogP contribution is -2.14. The highest BCUT2D eigenvalue weighted by Gasteiger charge is 2.27. The summed E-state index contributed by atoms with van der Waals surface area (Å²) in [7, 11) is 0. The molecule has 0 unspecified atom stereocenters. The predicted octanol–water partition coefficient (Wildman–Crippen LogP) is 28.2. The Labute approximate surface area is 555 Å². The Morgan fingerprint density at radius 1 is 0.163 bits per heavy atom. The lowest BCUT2D eigenvalue weighted by molar-refractivity contribution is 0.838. The van der Waals surface area contributed by atoms with Crippen molar-refractivity contribution in [3.63, 3.8) is 0 Å². The first-order valence-electron chi connectivity index (χ1n) is 34.8. The summed E-state index contributed by atoms with van der Waals surface area (Å²) in [5.41, 5.74) is 33.3. The summed E-state index contributed by atoms with van der Waals surface area (Å²) in [5, 5.41) is 0. The first kappa shape index (κ1) is 66.7. The monoisotopic (exact) mass is 1210 g/mol. The molecule has 0 aliphatic carbocycles. The van der Waals surface area contributed by atoms with Gasteiger partial charge in [0.2, 0.25) is 0 Å². The van der Waals surface area contributed by atoms with Gasteiger partial charge in [0.15, 0.2) is 0 Å². The second kappa shape index (κ2) is 28.3. The van der Waals surface area contributed by atoms with Crippen molar-refractivity contribution >= 4 is 34.1 Å². The molecule has 0 aromatic heterocycles. The van der Waals surface area contributed by atoms with E-state index < -0.39 is 0 Å². The predicted molar refractivity (Wildman–Crippen MR) is 404 cm³/mol. The second-order valence-corrected chi connectivity index (χ2v) is 29.2. The fraction of sp³-hybridized carbons (Fsp3) is 0.333. The highest BCUT2D eigenvalue weighted by Crippen LogP contribution is 2.49. The number of hydrogen-bond acceptors (Lipinski definition) is 2. The van der Waals surface area contributed by atoms with Gasteiger partial charge in [0.1, 0.15) is 0 Å². The maximum absolute atomic E-state index is 2.53. The van der Waals surface area contributed by atoms with Gasteiger partial charge in [-0.1, -0.05) is 278 Å². The normalized spacial score (nSPS) is 12.0. The minimum atomic E-state index is 0.283. The van der Waals surface area contributed by atoms with Crippen molar-refractivity contribution in [3.05, 3.63) is 262 Å². The van der Waals surface area contributed by atoms with Crippen LogP contribution in [0.15, 0.2) is 206 Å². The van der Waals surface area contributed by atoms with Gasteiger partial charge in [-0.2, -0.15) is 0 Å². The summed E-state index contributed by atoms with van der Waals surface area (Å²) in [6, 6.07) is 80.1. The molecule has 474 valence electrons. The minimum Gasteiger partial charge on any atom is -0.310 e. The lowest BCUT2D eigenvalue weighted by Gasteiger charge is -2.32. The van der Waals surface area contributed by atoms with Gasteiger partial charge in [-0.25, -0.2) is 0 Å². The highest BCUT2D eigenvalue weighted by atomic mass is 15.2. The molecule has 0 heterocycles. The van der Waals surface area contributed by atoms with E-state index in [4.69, 9.17) is 0 Å². The van der Waals surface area contributed by atoms with E-state index in [0.717, 1.165) is 34.1 Å². The fourth-order valence-corrected chi connectivity index (χ4v) is 14.4. The van der Waals surface area contributed by atoms with E-state index in [1.54, 1.807) is 0 Å². The topological polar surface area (TPSA) is 6.48 Å². The number of benzene rings is 10. The van der Waals surface area contributed by atoms with E-state index in [0.29, 0.717) is 47.3 Å². The summed E-state index contributed by atoms with van der Waals surface area (Å²) >= 11 is 0. The van der Waals surface area contributed by atoms with Crippen LogP contribution in [-0.4, -0.2) is 0 Å². The fourth-order valence-electron chi connectivity index (χ4n) is 14.4. The van der Waals surface area contributed by atoms with Crippen LogP contribution in [0.3, 0.4) is 0 Å². The van der Waals surface area contributed by atoms with Gasteiger partial charge < -0.3 is 9.80 Å². The van der Waals surface area contributed by atoms with Crippen molar-refractivity contribution in [2.45, 2.75) is 198 Å². The quantitative estimate of drug-likeness (QED) is 0.0707. The first-order valence-corrected chi connectivity index (χ1v) is 34.8. The summed E-state index contributed by atoms with van der Waals surface area (Å²) in [4.78, 5) is 5.06. The smallest absolute Gasteiger partial charge is 0.0488 e. The Morgan fingerprint density at radius 3 is 0.467 bits per heavy atom. The molecule has 10 rings (SSSR count). The molecule has 0 N–H and O–H groups in total. The van der Waals surface area contributed by atoms with Crippen molar-refractivity contribution in [1.29, 1.82) is 0 Å². The van der Waals surface area contributed by atoms with E-state index in [2.05, 4.69) is 355 Å². The van der Waals surface area contributed by atoms with Crippen LogP contribution < -0.4 is 9.80 Å². The average Bonchev–Trinajstić information content (AvgIpc) is 0.770. The van der Waals surface area contributed by atoms with Gasteiger partial charge in [-0.15, -0.1) is 0 Å². The van der Waals surface area contributed by atoms with Crippen molar-refractivity contribution < 1.29 is 0 Å². The Morgan fingerprint density at radius 2 is 0.315 bits per heavy atom. The standard InChI is InChI=1S/C90H104N2/c1-55(2)76-26-21-27-77(56(3)4)86(76)65-36-44-70(45-37-65)91(71-46-38-66(39-47-71)87-78(57(5)6)28-22-29-79(87)58(7)8)74-52-69(90-84(63(17)18)34-25-35-85(90)64(19)20)53-75(54-74)92(72-48-40-67(41-49-72)88-80(59(9)10)30-23-31-81(88)60(11)12)73-50-42-68(43-51-73)89-82(61(13)14)32-24-33-83(89)62(15)16/h21-64H,1-20H3. The van der Waals surface area contributed by atoms with E-state index in [-0.39, 0.29) is 11.8 Å². The maximum atomic E-state index is 2.53. The summed E-state index contributed by atoms with van der Waals surface area (Å²) < 4.78 is 0. The molecular weight excluding hydrogens is 1110 g/mol. The lowest BCUT2D eigenvalue weighted by atomic mass is 9.84. The van der Waals surface area contributed by atoms with Crippen LogP contribution in [0.5, 0.6) is 0 Å². The van der Waals surface area contributed by atoms with Crippen LogP contribution in [0.4, 0.5) is 34.1 Å². The van der Waals surface area contributed by atoms with Crippen LogP contribution in [0.2, 0.25) is 0 Å². The zero-order valence-corrected chi connectivity index (χ0v) is 59.3. The second-order valence-electron chi connectivity index (χ2n) is 29.2. The molecule has 0 aliphatic heterocycles. The molecule has 0 fully saturated rings. The van der Waals surface area contributed by atoms with Crippen LogP contribution in [0.1, 0.15) is 253 Å². The Hall–Kier alpha value is -8.20. The Bertz CT molecular complexity index is 3560. The van der Waals surface area contributed by atoms with Gasteiger partial charge >= 0.3 is 0 Å². The summed E-state index contributed by atoms with van der Waals surface area (Å²) in [6.07, 6.45) is 0. The van der Waals surface area contributed by atoms with Gasteiger partial charge in [0.05, 0.1) is 0 Å². The molecule has 10 aromatic rings. The van der Waals surface area contributed by atoms with Crippen LogP contribution in [0.25, 0.3) is 55.6 Å². The summed E-state index contributed by atoms with van der Waals surface area (Å²) in [6.45, 7) is 46.7. The van der Waals surface area contributed by atoms with Crippen molar-refractivity contribution in [2.75, 3.05) is 9.80 Å². The molecule has 0 bridgehead atoms. The zero-order valence-electron chi connectivity index (χ0n) is 59.3. The average molecular weight is 1210 g/mol. The number of rotatable bonds is 21. The van der Waals surface area contributed by atoms with Gasteiger partial charge in [-0.3, -0.25) is 0 Å². The van der Waals surface area contributed by atoms with E-state index in [1.807, 2.05) is 0 Å². The van der Waals surface area contributed by atoms with Gasteiger partial charge in [0, 0.05) is 34.1 Å². The molecule has 0 amide bonds. The molecule has 2 nitrogen and oxygen atoms in total. The molecule has 0 saturated carbocycles. The molecule has 0 radical (unpaired) electrons. The maximum Gasteiger partial charge on any atom is 0.0488 e. The SMILES string of the molecule is CC(C)c1cccc(C(C)C)c1-c1ccc(N(c2ccc(-c3c(C(C)C)cccc3C(C)C)cc2)c2cc(-c3c(C(C)C)cccc3C(C)C)cc(N(c3ccc(-c4c(C(C)C)cccc4C(C)C)cc3)c3ccc(-c4c(C(C)C)cccc4C(C)C)cc3)c2)cc1. The van der Waals surface area contributed by atoms with Crippen molar-refractivity contribution in [2.24, 2.45) is 0 Å². The first-order chi connectivity index (χ1) is 43.9. The minimum absolute atomic E-state index is 0.283. The Kier molecular flexibility index (Phi) is 20.6. The van der Waals surface area contributed by atoms with Crippen LogP contribution in [-0.2, 0) is 0 Å². The third-order valence-corrected chi connectivity index (χ3v) is 19.2. The number of hydrogen-bond donors (Lipinski definition) is 0. The van der Waals surface area contributed by atoms with Crippen molar-refractivity contribution in [1.82, 2.24) is 0 Å². The van der Waals surface area contributed by atoms with E-state index in [9.17, 15) is 0 Å². The van der Waals surface area contributed by atoms with E-state index in [1.165, 1.54) is 111 Å². The molecule has 0 spiro atoms. The van der Waals surface area contributed by atoms with E-state index >= 15 is 0 Å². The molecule has 0 aliphatic rings. The molecular formula is C90H104N2. The largest absolute Gasteiger partial charge is 0.310 e. The third kappa shape index (κ3) is 13.6. The number of nitrogens with zero attached hydrogens (tertiary/aromatic N) is 2. The highest BCUT2D eigenvalue weighted by molar-refractivity contribution is 5.91. The molecule has 0 atom stereocenters. The summed E-state index contributed by atoms with van der Waals surface area (Å²) in [5.74, 6) is 3.55. The van der Waals surface area contributed by atoms with Crippen LogP contribution in [0, 0.1) is 0 Å². The number of anilines is 6. The molecule has 10 aromatic carbocycles. The Balaban J connectivity index is 1.28. The van der Waals surface area contributed by atoms with Gasteiger partial charge in [0.25, 0.3) is 0 Å². The zero-order chi connectivity index (χ0) is 66.0. The van der Waals surface area contributed by atoms with Crippen LogP contribution >= 0.6 is 0 Å². The van der Waals surface area contributed by atoms with Crippen molar-refractivity contribution in [3.8, 4) is 55.6 Å². The van der Waals surface area contributed by atoms with Gasteiger partial charge in [-0.05, 0) is 237 Å². The molecule has 2 heteroatoms. The molecule has 92 heavy (non-hydrogen) atoms. The molecule has 0 saturated heterocycles. The third-order valence-electron chi connectivity index (χ3n) is 19.2.